The molecule has 1 spiro atoms. The van der Waals surface area contributed by atoms with Gasteiger partial charge in [0.1, 0.15) is 11.6 Å². The van der Waals surface area contributed by atoms with Crippen LogP contribution in [0.1, 0.15) is 51.4 Å². The molecule has 1 saturated carbocycles. The van der Waals surface area contributed by atoms with Gasteiger partial charge in [0.2, 0.25) is 17.7 Å². The molecular formula is C27H40BrN3O5. The second kappa shape index (κ2) is 11.4. The molecule has 1 aliphatic carbocycles. The van der Waals surface area contributed by atoms with Crippen LogP contribution in [0.2, 0.25) is 0 Å². The summed E-state index contributed by atoms with van der Waals surface area (Å²) in [5.74, 6) is -1.78. The Morgan fingerprint density at radius 1 is 1.17 bits per heavy atom. The fourth-order valence-electron chi connectivity index (χ4n) is 6.97. The first-order chi connectivity index (χ1) is 17.3. The highest BCUT2D eigenvalue weighted by Crippen LogP contribution is 2.60. The average Bonchev–Trinajstić information content (AvgIpc) is 3.46. The van der Waals surface area contributed by atoms with Gasteiger partial charge in [-0.1, -0.05) is 47.3 Å². The summed E-state index contributed by atoms with van der Waals surface area (Å²) in [6.07, 6.45) is 9.80. The lowest BCUT2D eigenvalue weighted by atomic mass is 9.70. The van der Waals surface area contributed by atoms with Gasteiger partial charge in [-0.15, -0.1) is 13.2 Å². The van der Waals surface area contributed by atoms with Gasteiger partial charge in [-0.05, 0) is 32.1 Å². The van der Waals surface area contributed by atoms with Crippen molar-refractivity contribution in [2.45, 2.75) is 80.0 Å². The molecule has 4 fully saturated rings. The van der Waals surface area contributed by atoms with Gasteiger partial charge in [0.15, 0.2) is 0 Å². The van der Waals surface area contributed by atoms with Crippen LogP contribution in [0.15, 0.2) is 25.3 Å². The standard InChI is InChI=1S/C27H40BrN3O5/c1-4-13-29(3)24(33)20-21-25(34)31(15-9-10-16-32)23(27(21)17-19(28)22(20)36-27)26(35)30(14-5-2)18-11-7-6-8-12-18/h4-5,18-23,32H,1-2,6-17H2,3H3/t19?,20-,21-,22-,23?,27?/m0/s1. The van der Waals surface area contributed by atoms with Gasteiger partial charge in [-0.2, -0.15) is 0 Å². The van der Waals surface area contributed by atoms with E-state index in [1.54, 1.807) is 29.0 Å². The average molecular weight is 567 g/mol. The van der Waals surface area contributed by atoms with Gasteiger partial charge in [0.25, 0.3) is 0 Å². The molecular weight excluding hydrogens is 526 g/mol. The Morgan fingerprint density at radius 3 is 2.50 bits per heavy atom. The van der Waals surface area contributed by atoms with E-state index in [0.29, 0.717) is 38.9 Å². The number of amides is 3. The molecule has 3 heterocycles. The maximum atomic E-state index is 14.4. The van der Waals surface area contributed by atoms with Gasteiger partial charge < -0.3 is 24.5 Å². The largest absolute Gasteiger partial charge is 0.396 e. The number of alkyl halides is 1. The summed E-state index contributed by atoms with van der Waals surface area (Å²) in [7, 11) is 1.71. The number of carbonyl (C=O) groups excluding carboxylic acids is 3. The zero-order chi connectivity index (χ0) is 26.0. The smallest absolute Gasteiger partial charge is 0.248 e. The highest BCUT2D eigenvalue weighted by molar-refractivity contribution is 9.09. The number of rotatable bonds is 11. The zero-order valence-corrected chi connectivity index (χ0v) is 22.9. The third-order valence-electron chi connectivity index (χ3n) is 8.52. The fourth-order valence-corrected chi connectivity index (χ4v) is 7.91. The fraction of sp³-hybridized carbons (Fsp3) is 0.741. The molecule has 0 aromatic rings. The molecule has 36 heavy (non-hydrogen) atoms. The molecule has 2 bridgehead atoms. The van der Waals surface area contributed by atoms with Crippen molar-refractivity contribution in [3.05, 3.63) is 25.3 Å². The molecule has 8 nitrogen and oxygen atoms in total. The predicted octanol–water partition coefficient (Wildman–Crippen LogP) is 2.50. The summed E-state index contributed by atoms with van der Waals surface area (Å²) < 4.78 is 6.61. The summed E-state index contributed by atoms with van der Waals surface area (Å²) in [4.78, 5) is 47.0. The van der Waals surface area contributed by atoms with Crippen LogP contribution in [-0.2, 0) is 19.1 Å². The molecule has 4 rings (SSSR count). The van der Waals surface area contributed by atoms with Crippen LogP contribution in [0.5, 0.6) is 0 Å². The van der Waals surface area contributed by atoms with Crippen molar-refractivity contribution in [1.29, 1.82) is 0 Å². The SMILES string of the molecule is C=CCN(C)C(=O)[C@H]1[C@H]2C(=O)N(CCCCO)C(C(=O)N(CC=C)C3CCCCC3)C23CC(Br)[C@@H]1O3. The number of likely N-dealkylation sites (N-methyl/N-ethyl adjacent to an activating group) is 1. The maximum absolute atomic E-state index is 14.4. The van der Waals surface area contributed by atoms with E-state index in [1.165, 1.54) is 6.42 Å². The van der Waals surface area contributed by atoms with E-state index >= 15 is 0 Å². The van der Waals surface area contributed by atoms with Crippen LogP contribution in [0.25, 0.3) is 0 Å². The Hall–Kier alpha value is -1.71. The molecule has 6 atom stereocenters. The van der Waals surface area contributed by atoms with Gasteiger partial charge >= 0.3 is 0 Å². The van der Waals surface area contributed by atoms with E-state index < -0.39 is 29.6 Å². The molecule has 3 saturated heterocycles. The van der Waals surface area contributed by atoms with Gasteiger partial charge in [0.05, 0.1) is 17.9 Å². The Balaban J connectivity index is 1.73. The number of ether oxygens (including phenoxy) is 1. The normalized spacial score (nSPS) is 33.5. The number of likely N-dealkylation sites (tertiary alicyclic amines) is 1. The van der Waals surface area contributed by atoms with E-state index in [-0.39, 0.29) is 35.2 Å². The topological polar surface area (TPSA) is 90.4 Å². The molecule has 3 amide bonds. The summed E-state index contributed by atoms with van der Waals surface area (Å²) in [5.41, 5.74) is -1.05. The van der Waals surface area contributed by atoms with Crippen molar-refractivity contribution >= 4 is 33.7 Å². The summed E-state index contributed by atoms with van der Waals surface area (Å²) in [6.45, 7) is 8.80. The minimum Gasteiger partial charge on any atom is -0.396 e. The van der Waals surface area contributed by atoms with Crippen LogP contribution >= 0.6 is 15.9 Å². The lowest BCUT2D eigenvalue weighted by Gasteiger charge is -2.41. The lowest BCUT2D eigenvalue weighted by molar-refractivity contribution is -0.150. The third-order valence-corrected chi connectivity index (χ3v) is 9.36. The predicted molar refractivity (Wildman–Crippen MR) is 140 cm³/mol. The quantitative estimate of drug-likeness (QED) is 0.236. The van der Waals surface area contributed by atoms with Crippen molar-refractivity contribution in [2.75, 3.05) is 33.3 Å². The number of unbranched alkanes of at least 4 members (excludes halogenated alkanes) is 1. The van der Waals surface area contributed by atoms with Crippen LogP contribution < -0.4 is 0 Å². The number of hydrogen-bond donors (Lipinski definition) is 1. The van der Waals surface area contributed by atoms with Crippen molar-refractivity contribution in [3.8, 4) is 0 Å². The van der Waals surface area contributed by atoms with Crippen molar-refractivity contribution in [2.24, 2.45) is 11.8 Å². The minimum absolute atomic E-state index is 0.0232. The van der Waals surface area contributed by atoms with E-state index in [9.17, 15) is 19.5 Å². The van der Waals surface area contributed by atoms with E-state index in [4.69, 9.17) is 4.74 Å². The van der Waals surface area contributed by atoms with Crippen molar-refractivity contribution < 1.29 is 24.2 Å². The van der Waals surface area contributed by atoms with Crippen LogP contribution in [0.4, 0.5) is 0 Å². The summed E-state index contributed by atoms with van der Waals surface area (Å²) in [5, 5.41) is 9.36. The number of aliphatic hydroxyl groups is 1. The molecule has 0 radical (unpaired) electrons. The number of carbonyl (C=O) groups is 3. The number of nitrogens with zero attached hydrogens (tertiary/aromatic N) is 3. The second-order valence-electron chi connectivity index (χ2n) is 10.7. The Labute approximate surface area is 222 Å². The number of aliphatic hydroxyl groups excluding tert-OH is 1. The zero-order valence-electron chi connectivity index (χ0n) is 21.3. The summed E-state index contributed by atoms with van der Waals surface area (Å²) in [6, 6.07) is -0.674. The molecule has 200 valence electrons. The maximum Gasteiger partial charge on any atom is 0.248 e. The molecule has 1 N–H and O–H groups in total. The van der Waals surface area contributed by atoms with E-state index in [2.05, 4.69) is 29.1 Å². The first-order valence-corrected chi connectivity index (χ1v) is 14.2. The molecule has 0 aromatic heterocycles. The minimum atomic E-state index is -1.05. The van der Waals surface area contributed by atoms with Crippen LogP contribution in [-0.4, -0.2) is 99.4 Å². The van der Waals surface area contributed by atoms with Crippen LogP contribution in [0.3, 0.4) is 0 Å². The van der Waals surface area contributed by atoms with E-state index in [1.807, 2.05) is 4.90 Å². The molecule has 3 unspecified atom stereocenters. The number of fused-ring (bicyclic) bond motifs is 1. The monoisotopic (exact) mass is 565 g/mol. The number of halogens is 1. The lowest BCUT2D eigenvalue weighted by Crippen LogP contribution is -2.58. The summed E-state index contributed by atoms with van der Waals surface area (Å²) >= 11 is 3.73. The van der Waals surface area contributed by atoms with Gasteiger partial charge in [-0.3, -0.25) is 14.4 Å². The molecule has 3 aliphatic heterocycles. The highest BCUT2D eigenvalue weighted by Gasteiger charge is 2.76. The Morgan fingerprint density at radius 2 is 1.86 bits per heavy atom. The van der Waals surface area contributed by atoms with Gasteiger partial charge in [-0.25, -0.2) is 0 Å². The first-order valence-electron chi connectivity index (χ1n) is 13.3. The second-order valence-corrected chi connectivity index (χ2v) is 11.9. The van der Waals surface area contributed by atoms with Crippen molar-refractivity contribution in [3.63, 3.8) is 0 Å². The third kappa shape index (κ3) is 4.56. The Kier molecular flexibility index (Phi) is 8.62. The molecule has 0 aromatic carbocycles. The van der Waals surface area contributed by atoms with Gasteiger partial charge in [0, 0.05) is 44.2 Å². The van der Waals surface area contributed by atoms with Crippen LogP contribution in [0, 0.1) is 11.8 Å². The number of hydrogen-bond acceptors (Lipinski definition) is 5. The molecule has 4 aliphatic rings. The first kappa shape index (κ1) is 27.3. The Bertz CT molecular complexity index is 877. The van der Waals surface area contributed by atoms with Crippen molar-refractivity contribution in [1.82, 2.24) is 14.7 Å². The van der Waals surface area contributed by atoms with E-state index in [0.717, 1.165) is 25.7 Å². The molecule has 9 heteroatoms. The highest BCUT2D eigenvalue weighted by atomic mass is 79.9.